The molecular formula is C16H18BrNO. The van der Waals surface area contributed by atoms with Crippen LogP contribution in [0.4, 0.5) is 0 Å². The Morgan fingerprint density at radius 3 is 2.47 bits per heavy atom. The molecule has 0 radical (unpaired) electrons. The summed E-state index contributed by atoms with van der Waals surface area (Å²) in [6.07, 6.45) is 0. The molecule has 1 N–H and O–H groups in total. The van der Waals surface area contributed by atoms with Gasteiger partial charge in [0.25, 0.3) is 0 Å². The predicted molar refractivity (Wildman–Crippen MR) is 82.8 cm³/mol. The van der Waals surface area contributed by atoms with E-state index in [4.69, 9.17) is 4.74 Å². The van der Waals surface area contributed by atoms with E-state index in [1.165, 1.54) is 11.1 Å². The number of methoxy groups -OCH3 is 1. The summed E-state index contributed by atoms with van der Waals surface area (Å²) in [5.41, 5.74) is 3.58. The topological polar surface area (TPSA) is 21.3 Å². The van der Waals surface area contributed by atoms with Crippen LogP contribution in [-0.4, -0.2) is 14.2 Å². The molecule has 1 unspecified atom stereocenters. The summed E-state index contributed by atoms with van der Waals surface area (Å²) in [6.45, 7) is 2.09. The summed E-state index contributed by atoms with van der Waals surface area (Å²) in [6, 6.07) is 14.6. The van der Waals surface area contributed by atoms with Crippen LogP contribution in [0.3, 0.4) is 0 Å². The summed E-state index contributed by atoms with van der Waals surface area (Å²) >= 11 is 3.62. The van der Waals surface area contributed by atoms with E-state index in [0.29, 0.717) is 0 Å². The molecule has 0 aromatic heterocycles. The van der Waals surface area contributed by atoms with Crippen LogP contribution in [0.5, 0.6) is 5.75 Å². The summed E-state index contributed by atoms with van der Waals surface area (Å²) in [4.78, 5) is 0. The number of ether oxygens (including phenoxy) is 1. The molecule has 2 nitrogen and oxygen atoms in total. The van der Waals surface area contributed by atoms with Crippen LogP contribution < -0.4 is 10.1 Å². The van der Waals surface area contributed by atoms with Crippen molar-refractivity contribution in [2.45, 2.75) is 13.0 Å². The summed E-state index contributed by atoms with van der Waals surface area (Å²) < 4.78 is 6.58. The van der Waals surface area contributed by atoms with Crippen molar-refractivity contribution in [1.82, 2.24) is 5.32 Å². The van der Waals surface area contributed by atoms with Gasteiger partial charge in [0.05, 0.1) is 13.2 Å². The molecule has 2 rings (SSSR count). The van der Waals surface area contributed by atoms with Crippen molar-refractivity contribution in [3.05, 3.63) is 63.6 Å². The highest BCUT2D eigenvalue weighted by molar-refractivity contribution is 9.10. The molecule has 0 saturated carbocycles. The molecule has 0 amide bonds. The number of hydrogen-bond donors (Lipinski definition) is 1. The van der Waals surface area contributed by atoms with Crippen LogP contribution in [0, 0.1) is 6.92 Å². The Labute approximate surface area is 122 Å². The fourth-order valence-corrected chi connectivity index (χ4v) is 2.78. The lowest BCUT2D eigenvalue weighted by molar-refractivity contribution is 0.405. The lowest BCUT2D eigenvalue weighted by Gasteiger charge is -2.21. The molecular weight excluding hydrogens is 302 g/mol. The zero-order chi connectivity index (χ0) is 13.8. The molecule has 3 heteroatoms. The number of halogens is 1. The lowest BCUT2D eigenvalue weighted by Crippen LogP contribution is -2.19. The first-order chi connectivity index (χ1) is 9.17. The largest absolute Gasteiger partial charge is 0.496 e. The van der Waals surface area contributed by atoms with Crippen molar-refractivity contribution >= 4 is 15.9 Å². The van der Waals surface area contributed by atoms with Crippen molar-refractivity contribution in [2.24, 2.45) is 0 Å². The van der Waals surface area contributed by atoms with Gasteiger partial charge in [-0.05, 0) is 31.7 Å². The lowest BCUT2D eigenvalue weighted by atomic mass is 9.96. The van der Waals surface area contributed by atoms with Gasteiger partial charge in [0.2, 0.25) is 0 Å². The van der Waals surface area contributed by atoms with Crippen LogP contribution in [0.1, 0.15) is 22.7 Å². The standard InChI is InChI=1S/C16H18BrNO/c1-11-8-9-15(19-3)13(10-11)16(18-2)12-6-4-5-7-14(12)17/h4-10,16,18H,1-3H3. The second-order valence-electron chi connectivity index (χ2n) is 4.49. The van der Waals surface area contributed by atoms with Crippen LogP contribution in [0.25, 0.3) is 0 Å². The van der Waals surface area contributed by atoms with Crippen molar-refractivity contribution < 1.29 is 4.74 Å². The highest BCUT2D eigenvalue weighted by Crippen LogP contribution is 2.33. The molecule has 2 aromatic carbocycles. The Morgan fingerprint density at radius 1 is 1.11 bits per heavy atom. The van der Waals surface area contributed by atoms with Gasteiger partial charge in [0.15, 0.2) is 0 Å². The minimum atomic E-state index is 0.102. The second-order valence-corrected chi connectivity index (χ2v) is 5.34. The normalized spacial score (nSPS) is 12.2. The van der Waals surface area contributed by atoms with Gasteiger partial charge in [0.1, 0.15) is 5.75 Å². The molecule has 0 saturated heterocycles. The SMILES string of the molecule is CNC(c1ccccc1Br)c1cc(C)ccc1OC. The van der Waals surface area contributed by atoms with E-state index >= 15 is 0 Å². The average molecular weight is 320 g/mol. The maximum atomic E-state index is 5.49. The fourth-order valence-electron chi connectivity index (χ4n) is 2.27. The van der Waals surface area contributed by atoms with E-state index in [-0.39, 0.29) is 6.04 Å². The zero-order valence-electron chi connectivity index (χ0n) is 11.4. The third-order valence-electron chi connectivity index (χ3n) is 3.20. The van der Waals surface area contributed by atoms with E-state index in [1.54, 1.807) is 7.11 Å². The van der Waals surface area contributed by atoms with Gasteiger partial charge in [-0.25, -0.2) is 0 Å². The van der Waals surface area contributed by atoms with Crippen LogP contribution in [0.2, 0.25) is 0 Å². The first kappa shape index (κ1) is 14.1. The quantitative estimate of drug-likeness (QED) is 0.917. The Balaban J connectivity index is 2.54. The Hall–Kier alpha value is -1.32. The molecule has 0 fully saturated rings. The van der Waals surface area contributed by atoms with E-state index in [1.807, 2.05) is 25.2 Å². The molecule has 0 bridgehead atoms. The minimum absolute atomic E-state index is 0.102. The van der Waals surface area contributed by atoms with Gasteiger partial charge < -0.3 is 10.1 Å². The summed E-state index contributed by atoms with van der Waals surface area (Å²) in [5.74, 6) is 0.903. The maximum Gasteiger partial charge on any atom is 0.123 e. The molecule has 2 aromatic rings. The van der Waals surface area contributed by atoms with Gasteiger partial charge in [-0.1, -0.05) is 51.8 Å². The molecule has 0 aliphatic heterocycles. The highest BCUT2D eigenvalue weighted by atomic mass is 79.9. The van der Waals surface area contributed by atoms with Crippen molar-refractivity contribution in [2.75, 3.05) is 14.2 Å². The number of benzene rings is 2. The fraction of sp³-hybridized carbons (Fsp3) is 0.250. The van der Waals surface area contributed by atoms with Gasteiger partial charge in [-0.15, -0.1) is 0 Å². The third-order valence-corrected chi connectivity index (χ3v) is 3.92. The Morgan fingerprint density at radius 2 is 1.84 bits per heavy atom. The Kier molecular flexibility index (Phi) is 4.61. The smallest absolute Gasteiger partial charge is 0.123 e. The molecule has 1 atom stereocenters. The molecule has 0 heterocycles. The predicted octanol–water partition coefficient (Wildman–Crippen LogP) is 4.07. The molecule has 0 aliphatic rings. The minimum Gasteiger partial charge on any atom is -0.496 e. The molecule has 0 aliphatic carbocycles. The van der Waals surface area contributed by atoms with Crippen molar-refractivity contribution in [3.63, 3.8) is 0 Å². The molecule has 0 spiro atoms. The number of hydrogen-bond acceptors (Lipinski definition) is 2. The summed E-state index contributed by atoms with van der Waals surface area (Å²) in [7, 11) is 3.67. The first-order valence-electron chi connectivity index (χ1n) is 6.23. The third kappa shape index (κ3) is 2.99. The van der Waals surface area contributed by atoms with Crippen molar-refractivity contribution in [1.29, 1.82) is 0 Å². The van der Waals surface area contributed by atoms with E-state index < -0.39 is 0 Å². The zero-order valence-corrected chi connectivity index (χ0v) is 13.0. The van der Waals surface area contributed by atoms with Crippen LogP contribution in [-0.2, 0) is 0 Å². The Bertz CT molecular complexity index is 568. The molecule has 19 heavy (non-hydrogen) atoms. The van der Waals surface area contributed by atoms with Crippen molar-refractivity contribution in [3.8, 4) is 5.75 Å². The number of nitrogens with one attached hydrogen (secondary N) is 1. The van der Waals surface area contributed by atoms with Crippen LogP contribution >= 0.6 is 15.9 Å². The maximum absolute atomic E-state index is 5.49. The van der Waals surface area contributed by atoms with Gasteiger partial charge in [-0.3, -0.25) is 0 Å². The monoisotopic (exact) mass is 319 g/mol. The van der Waals surface area contributed by atoms with E-state index in [9.17, 15) is 0 Å². The van der Waals surface area contributed by atoms with Gasteiger partial charge in [0, 0.05) is 10.0 Å². The first-order valence-corrected chi connectivity index (χ1v) is 7.03. The summed E-state index contributed by atoms with van der Waals surface area (Å²) in [5, 5.41) is 3.37. The van der Waals surface area contributed by atoms with Crippen LogP contribution in [0.15, 0.2) is 46.9 Å². The number of aryl methyl sites for hydroxylation is 1. The van der Waals surface area contributed by atoms with E-state index in [0.717, 1.165) is 15.8 Å². The average Bonchev–Trinajstić information content (AvgIpc) is 2.42. The molecule has 100 valence electrons. The highest BCUT2D eigenvalue weighted by Gasteiger charge is 2.18. The van der Waals surface area contributed by atoms with E-state index in [2.05, 4.69) is 52.4 Å². The number of rotatable bonds is 4. The van der Waals surface area contributed by atoms with Gasteiger partial charge in [-0.2, -0.15) is 0 Å². The second kappa shape index (κ2) is 6.22. The van der Waals surface area contributed by atoms with Gasteiger partial charge >= 0.3 is 0 Å².